The van der Waals surface area contributed by atoms with Gasteiger partial charge in [0.15, 0.2) is 6.10 Å². The molecule has 0 fully saturated rings. The molecule has 0 aliphatic heterocycles. The largest absolute Gasteiger partial charge is 0.416 e. The summed E-state index contributed by atoms with van der Waals surface area (Å²) in [5.41, 5.74) is 0.884. The summed E-state index contributed by atoms with van der Waals surface area (Å²) in [6.45, 7) is 0.799. The van der Waals surface area contributed by atoms with E-state index in [4.69, 9.17) is 5.11 Å². The molecule has 1 amide bonds. The maximum Gasteiger partial charge on any atom is 0.416 e. The fourth-order valence-corrected chi connectivity index (χ4v) is 1.62. The van der Waals surface area contributed by atoms with Gasteiger partial charge in [0, 0.05) is 10.0 Å². The average Bonchev–Trinajstić information content (AvgIpc) is 2.27. The third-order valence-corrected chi connectivity index (χ3v) is 3.21. The number of rotatable bonds is 3. The summed E-state index contributed by atoms with van der Waals surface area (Å²) >= 11 is 3.22. The number of alkyl halides is 3. The summed E-state index contributed by atoms with van der Waals surface area (Å²) in [7, 11) is 0. The van der Waals surface area contributed by atoms with Crippen LogP contribution in [0.1, 0.15) is 15.9 Å². The van der Waals surface area contributed by atoms with Crippen LogP contribution in [-0.2, 0) is 0 Å². The molecule has 0 saturated heterocycles. The van der Waals surface area contributed by atoms with E-state index in [1.807, 2.05) is 5.32 Å². The van der Waals surface area contributed by atoms with Crippen molar-refractivity contribution in [1.29, 1.82) is 0 Å². The van der Waals surface area contributed by atoms with Crippen molar-refractivity contribution in [2.45, 2.75) is 19.2 Å². The molecule has 0 aliphatic rings. The van der Waals surface area contributed by atoms with Gasteiger partial charge in [-0.25, -0.2) is 0 Å². The molecular formula is C11H11BrF3NO2. The highest BCUT2D eigenvalue weighted by Gasteiger charge is 2.38. The van der Waals surface area contributed by atoms with Crippen LogP contribution < -0.4 is 5.32 Å². The van der Waals surface area contributed by atoms with Crippen molar-refractivity contribution in [1.82, 2.24) is 5.32 Å². The standard InChI is InChI=1S/C11H11BrF3NO2/c1-6-7(3-2-4-8(6)12)10(18)16-5-9(17)11(13,14)15/h2-4,9,17H,5H2,1H3,(H,16,18). The van der Waals surface area contributed by atoms with Gasteiger partial charge in [-0.1, -0.05) is 22.0 Å². The Hall–Kier alpha value is -1.08. The highest BCUT2D eigenvalue weighted by molar-refractivity contribution is 9.10. The normalized spacial score (nSPS) is 13.2. The van der Waals surface area contributed by atoms with E-state index in [-0.39, 0.29) is 5.56 Å². The van der Waals surface area contributed by atoms with Crippen molar-refractivity contribution in [2.24, 2.45) is 0 Å². The highest BCUT2D eigenvalue weighted by atomic mass is 79.9. The van der Waals surface area contributed by atoms with Crippen LogP contribution in [0.5, 0.6) is 0 Å². The molecule has 0 radical (unpaired) electrons. The van der Waals surface area contributed by atoms with Crippen molar-refractivity contribution in [3.05, 3.63) is 33.8 Å². The molecule has 2 N–H and O–H groups in total. The first-order chi connectivity index (χ1) is 8.23. The van der Waals surface area contributed by atoms with Gasteiger partial charge in [0.2, 0.25) is 0 Å². The SMILES string of the molecule is Cc1c(Br)cccc1C(=O)NCC(O)C(F)(F)F. The Morgan fingerprint density at radius 3 is 2.67 bits per heavy atom. The third kappa shape index (κ3) is 3.71. The van der Waals surface area contributed by atoms with Crippen LogP contribution in [0, 0.1) is 6.92 Å². The molecule has 1 aromatic rings. The lowest BCUT2D eigenvalue weighted by molar-refractivity contribution is -0.201. The second-order valence-corrected chi connectivity index (χ2v) is 4.53. The van der Waals surface area contributed by atoms with Crippen molar-refractivity contribution in [3.8, 4) is 0 Å². The molecular weight excluding hydrogens is 315 g/mol. The number of benzene rings is 1. The Kier molecular flexibility index (Phi) is 4.75. The molecule has 18 heavy (non-hydrogen) atoms. The van der Waals surface area contributed by atoms with Crippen LogP contribution in [0.25, 0.3) is 0 Å². The molecule has 0 saturated carbocycles. The molecule has 100 valence electrons. The molecule has 0 aliphatic carbocycles. The van der Waals surface area contributed by atoms with Crippen LogP contribution in [0.3, 0.4) is 0 Å². The summed E-state index contributed by atoms with van der Waals surface area (Å²) in [5, 5.41) is 10.8. The molecule has 0 spiro atoms. The molecule has 1 atom stereocenters. The maximum absolute atomic E-state index is 12.0. The molecule has 1 aromatic carbocycles. The Labute approximate surface area is 110 Å². The number of nitrogens with one attached hydrogen (secondary N) is 1. The number of hydrogen-bond donors (Lipinski definition) is 2. The van der Waals surface area contributed by atoms with Gasteiger partial charge in [0.25, 0.3) is 5.91 Å². The first-order valence-electron chi connectivity index (χ1n) is 5.01. The van der Waals surface area contributed by atoms with Crippen LogP contribution in [0.15, 0.2) is 22.7 Å². The van der Waals surface area contributed by atoms with Gasteiger partial charge < -0.3 is 10.4 Å². The van der Waals surface area contributed by atoms with Crippen LogP contribution >= 0.6 is 15.9 Å². The van der Waals surface area contributed by atoms with Crippen LogP contribution in [0.2, 0.25) is 0 Å². The maximum atomic E-state index is 12.0. The third-order valence-electron chi connectivity index (χ3n) is 2.35. The Balaban J connectivity index is 2.70. The zero-order valence-electron chi connectivity index (χ0n) is 9.38. The van der Waals surface area contributed by atoms with Gasteiger partial charge in [0.05, 0.1) is 6.54 Å². The summed E-state index contributed by atoms with van der Waals surface area (Å²) in [6, 6.07) is 4.82. The topological polar surface area (TPSA) is 49.3 Å². The van der Waals surface area contributed by atoms with E-state index in [0.29, 0.717) is 10.0 Å². The molecule has 0 bridgehead atoms. The number of carbonyl (C=O) groups is 1. The minimum absolute atomic E-state index is 0.263. The number of hydrogen-bond acceptors (Lipinski definition) is 2. The monoisotopic (exact) mass is 325 g/mol. The number of halogens is 4. The first-order valence-corrected chi connectivity index (χ1v) is 5.81. The second-order valence-electron chi connectivity index (χ2n) is 3.68. The number of carbonyl (C=O) groups excluding carboxylic acids is 1. The van der Waals surface area contributed by atoms with Crippen LogP contribution in [0.4, 0.5) is 13.2 Å². The summed E-state index contributed by atoms with van der Waals surface area (Å²) in [6.07, 6.45) is -7.30. The van der Waals surface area contributed by atoms with Crippen molar-refractivity contribution in [2.75, 3.05) is 6.54 Å². The summed E-state index contributed by atoms with van der Waals surface area (Å²) in [5.74, 6) is -0.655. The zero-order valence-corrected chi connectivity index (χ0v) is 11.0. The van der Waals surface area contributed by atoms with E-state index in [9.17, 15) is 18.0 Å². The highest BCUT2D eigenvalue weighted by Crippen LogP contribution is 2.21. The predicted molar refractivity (Wildman–Crippen MR) is 63.3 cm³/mol. The lowest BCUT2D eigenvalue weighted by Crippen LogP contribution is -2.40. The molecule has 1 rings (SSSR count). The van der Waals surface area contributed by atoms with E-state index < -0.39 is 24.7 Å². The smallest absolute Gasteiger partial charge is 0.382 e. The Morgan fingerprint density at radius 2 is 2.11 bits per heavy atom. The Bertz CT molecular complexity index is 448. The molecule has 0 heterocycles. The number of aliphatic hydroxyl groups is 1. The predicted octanol–water partition coefficient (Wildman–Crippen LogP) is 2.41. The van der Waals surface area contributed by atoms with E-state index in [1.54, 1.807) is 19.1 Å². The molecule has 7 heteroatoms. The van der Waals surface area contributed by atoms with Gasteiger partial charge in [-0.05, 0) is 24.6 Å². The molecule has 3 nitrogen and oxygen atoms in total. The minimum Gasteiger partial charge on any atom is -0.382 e. The summed E-state index contributed by atoms with van der Waals surface area (Å²) < 4.78 is 36.8. The molecule has 1 unspecified atom stereocenters. The lowest BCUT2D eigenvalue weighted by atomic mass is 10.1. The fraction of sp³-hybridized carbons (Fsp3) is 0.364. The Morgan fingerprint density at radius 1 is 1.50 bits per heavy atom. The quantitative estimate of drug-likeness (QED) is 0.896. The minimum atomic E-state index is -4.74. The molecule has 0 aromatic heterocycles. The zero-order chi connectivity index (χ0) is 13.9. The number of amides is 1. The number of aliphatic hydroxyl groups excluding tert-OH is 1. The first kappa shape index (κ1) is 15.0. The van der Waals surface area contributed by atoms with Crippen molar-refractivity contribution < 1.29 is 23.1 Å². The van der Waals surface area contributed by atoms with Gasteiger partial charge in [-0.15, -0.1) is 0 Å². The van der Waals surface area contributed by atoms with Gasteiger partial charge >= 0.3 is 6.18 Å². The summed E-state index contributed by atoms with van der Waals surface area (Å²) in [4.78, 5) is 11.6. The van der Waals surface area contributed by atoms with E-state index in [2.05, 4.69) is 15.9 Å². The second kappa shape index (κ2) is 5.71. The van der Waals surface area contributed by atoms with Gasteiger partial charge in [-0.3, -0.25) is 4.79 Å². The van der Waals surface area contributed by atoms with E-state index in [0.717, 1.165) is 0 Å². The van der Waals surface area contributed by atoms with Gasteiger partial charge in [0.1, 0.15) is 0 Å². The lowest BCUT2D eigenvalue weighted by Gasteiger charge is -2.15. The van der Waals surface area contributed by atoms with E-state index >= 15 is 0 Å². The van der Waals surface area contributed by atoms with Crippen molar-refractivity contribution in [3.63, 3.8) is 0 Å². The fourth-order valence-electron chi connectivity index (χ4n) is 1.25. The van der Waals surface area contributed by atoms with Gasteiger partial charge in [-0.2, -0.15) is 13.2 Å². The van der Waals surface area contributed by atoms with Crippen molar-refractivity contribution >= 4 is 21.8 Å². The average molecular weight is 326 g/mol. The van der Waals surface area contributed by atoms with E-state index in [1.165, 1.54) is 6.07 Å². The van der Waals surface area contributed by atoms with Crippen LogP contribution in [-0.4, -0.2) is 29.8 Å².